The van der Waals surface area contributed by atoms with Crippen LogP contribution in [0.3, 0.4) is 0 Å². The van der Waals surface area contributed by atoms with E-state index < -0.39 is 0 Å². The van der Waals surface area contributed by atoms with E-state index in [2.05, 4.69) is 24.1 Å². The Hall–Kier alpha value is -0.120. The highest BCUT2D eigenvalue weighted by molar-refractivity contribution is 4.88. The van der Waals surface area contributed by atoms with E-state index in [0.717, 1.165) is 32.2 Å². The lowest BCUT2D eigenvalue weighted by Crippen LogP contribution is -2.50. The molecule has 3 heteroatoms. The van der Waals surface area contributed by atoms with Crippen molar-refractivity contribution >= 4 is 0 Å². The van der Waals surface area contributed by atoms with Crippen LogP contribution in [-0.4, -0.2) is 50.8 Å². The Morgan fingerprint density at radius 1 is 1.26 bits per heavy atom. The molecule has 2 saturated heterocycles. The summed E-state index contributed by atoms with van der Waals surface area (Å²) in [6, 6.07) is 0. The first-order valence-electron chi connectivity index (χ1n) is 8.29. The first-order chi connectivity index (χ1) is 9.28. The molecule has 1 N–H and O–H groups in total. The van der Waals surface area contributed by atoms with Gasteiger partial charge in [-0.3, -0.25) is 0 Å². The zero-order chi connectivity index (χ0) is 13.6. The van der Waals surface area contributed by atoms with Gasteiger partial charge in [-0.05, 0) is 51.2 Å². The Bertz CT molecular complexity index is 243. The van der Waals surface area contributed by atoms with Crippen LogP contribution >= 0.6 is 0 Å². The molecule has 2 aliphatic heterocycles. The van der Waals surface area contributed by atoms with Gasteiger partial charge < -0.3 is 15.0 Å². The fraction of sp³-hybridized carbons (Fsp3) is 1.00. The topological polar surface area (TPSA) is 24.5 Å². The SMILES string of the molecule is CCNCC1(CN2CCC(CC)CC2)CCCOC1. The minimum Gasteiger partial charge on any atom is -0.381 e. The molecular weight excluding hydrogens is 236 g/mol. The quantitative estimate of drug-likeness (QED) is 0.801. The lowest BCUT2D eigenvalue weighted by Gasteiger charge is -2.43. The van der Waals surface area contributed by atoms with E-state index in [9.17, 15) is 0 Å². The zero-order valence-electron chi connectivity index (χ0n) is 12.9. The minimum absolute atomic E-state index is 0.368. The Balaban J connectivity index is 1.85. The molecule has 0 saturated carbocycles. The summed E-state index contributed by atoms with van der Waals surface area (Å²) in [5.41, 5.74) is 0.368. The number of ether oxygens (including phenoxy) is 1. The molecule has 0 amide bonds. The summed E-state index contributed by atoms with van der Waals surface area (Å²) in [6.45, 7) is 12.5. The fourth-order valence-electron chi connectivity index (χ4n) is 3.65. The van der Waals surface area contributed by atoms with Gasteiger partial charge in [-0.25, -0.2) is 0 Å². The molecule has 1 unspecified atom stereocenters. The number of nitrogens with zero attached hydrogens (tertiary/aromatic N) is 1. The van der Waals surface area contributed by atoms with Gasteiger partial charge >= 0.3 is 0 Å². The molecule has 1 atom stereocenters. The molecule has 2 fully saturated rings. The Labute approximate surface area is 119 Å². The van der Waals surface area contributed by atoms with Gasteiger partial charge in [0.1, 0.15) is 0 Å². The van der Waals surface area contributed by atoms with Gasteiger partial charge in [-0.2, -0.15) is 0 Å². The lowest BCUT2D eigenvalue weighted by atomic mass is 9.81. The molecule has 2 aliphatic rings. The van der Waals surface area contributed by atoms with Crippen molar-refractivity contribution in [3.05, 3.63) is 0 Å². The third kappa shape index (κ3) is 4.44. The maximum absolute atomic E-state index is 5.80. The molecule has 0 bridgehead atoms. The Kier molecular flexibility index (Phi) is 6.11. The van der Waals surface area contributed by atoms with Crippen LogP contribution in [0.25, 0.3) is 0 Å². The molecule has 19 heavy (non-hydrogen) atoms. The van der Waals surface area contributed by atoms with Gasteiger partial charge in [0.25, 0.3) is 0 Å². The summed E-state index contributed by atoms with van der Waals surface area (Å²) < 4.78 is 5.80. The summed E-state index contributed by atoms with van der Waals surface area (Å²) in [7, 11) is 0. The molecule has 0 aromatic carbocycles. The normalized spacial score (nSPS) is 30.6. The van der Waals surface area contributed by atoms with Crippen molar-refractivity contribution < 1.29 is 4.74 Å². The summed E-state index contributed by atoms with van der Waals surface area (Å²) >= 11 is 0. The van der Waals surface area contributed by atoms with Gasteiger partial charge in [-0.1, -0.05) is 20.3 Å². The maximum Gasteiger partial charge on any atom is 0.0546 e. The third-order valence-electron chi connectivity index (χ3n) is 5.00. The predicted octanol–water partition coefficient (Wildman–Crippen LogP) is 2.51. The van der Waals surface area contributed by atoms with Crippen molar-refractivity contribution in [2.45, 2.75) is 46.0 Å². The third-order valence-corrected chi connectivity index (χ3v) is 5.00. The van der Waals surface area contributed by atoms with Crippen molar-refractivity contribution in [2.75, 3.05) is 45.9 Å². The van der Waals surface area contributed by atoms with Gasteiger partial charge in [-0.15, -0.1) is 0 Å². The summed E-state index contributed by atoms with van der Waals surface area (Å²) in [6.07, 6.45) is 6.72. The van der Waals surface area contributed by atoms with Crippen LogP contribution in [0.4, 0.5) is 0 Å². The van der Waals surface area contributed by atoms with E-state index in [1.165, 1.54) is 51.7 Å². The fourth-order valence-corrected chi connectivity index (χ4v) is 3.65. The van der Waals surface area contributed by atoms with Crippen LogP contribution < -0.4 is 5.32 Å². The smallest absolute Gasteiger partial charge is 0.0546 e. The number of hydrogen-bond acceptors (Lipinski definition) is 3. The van der Waals surface area contributed by atoms with Crippen molar-refractivity contribution in [1.82, 2.24) is 10.2 Å². The minimum atomic E-state index is 0.368. The molecule has 3 nitrogen and oxygen atoms in total. The number of rotatable bonds is 6. The summed E-state index contributed by atoms with van der Waals surface area (Å²) in [5, 5.41) is 3.56. The maximum atomic E-state index is 5.80. The van der Waals surface area contributed by atoms with Crippen LogP contribution in [0.15, 0.2) is 0 Å². The summed E-state index contributed by atoms with van der Waals surface area (Å²) in [4.78, 5) is 2.69. The zero-order valence-corrected chi connectivity index (χ0v) is 12.9. The average molecular weight is 268 g/mol. The second-order valence-corrected chi connectivity index (χ2v) is 6.56. The molecule has 2 rings (SSSR count). The van der Waals surface area contributed by atoms with E-state index >= 15 is 0 Å². The molecule has 0 aromatic rings. The standard InChI is InChI=1S/C16H32N2O/c1-3-15-6-9-18(10-7-15)13-16(12-17-4-2)8-5-11-19-14-16/h15,17H,3-14H2,1-2H3. The molecule has 0 spiro atoms. The van der Waals surface area contributed by atoms with Crippen molar-refractivity contribution in [2.24, 2.45) is 11.3 Å². The number of piperidine rings is 1. The first-order valence-corrected chi connectivity index (χ1v) is 8.29. The second kappa shape index (κ2) is 7.61. The molecule has 0 aliphatic carbocycles. The monoisotopic (exact) mass is 268 g/mol. The highest BCUT2D eigenvalue weighted by Crippen LogP contribution is 2.31. The van der Waals surface area contributed by atoms with Crippen LogP contribution in [0.5, 0.6) is 0 Å². The Morgan fingerprint density at radius 2 is 2.05 bits per heavy atom. The van der Waals surface area contributed by atoms with Crippen LogP contribution in [0, 0.1) is 11.3 Å². The van der Waals surface area contributed by atoms with Gasteiger partial charge in [0.15, 0.2) is 0 Å². The van der Waals surface area contributed by atoms with E-state index in [4.69, 9.17) is 4.74 Å². The van der Waals surface area contributed by atoms with E-state index in [1.807, 2.05) is 0 Å². The number of likely N-dealkylation sites (tertiary alicyclic amines) is 1. The second-order valence-electron chi connectivity index (χ2n) is 6.56. The highest BCUT2D eigenvalue weighted by Gasteiger charge is 2.35. The molecular formula is C16H32N2O. The van der Waals surface area contributed by atoms with Crippen molar-refractivity contribution in [3.63, 3.8) is 0 Å². The molecule has 0 radical (unpaired) electrons. The highest BCUT2D eigenvalue weighted by atomic mass is 16.5. The van der Waals surface area contributed by atoms with Crippen LogP contribution in [-0.2, 0) is 4.74 Å². The molecule has 2 heterocycles. The predicted molar refractivity (Wildman–Crippen MR) is 80.5 cm³/mol. The van der Waals surface area contributed by atoms with E-state index in [-0.39, 0.29) is 0 Å². The van der Waals surface area contributed by atoms with Gasteiger partial charge in [0.05, 0.1) is 6.61 Å². The van der Waals surface area contributed by atoms with Crippen LogP contribution in [0.2, 0.25) is 0 Å². The lowest BCUT2D eigenvalue weighted by molar-refractivity contribution is -0.0305. The van der Waals surface area contributed by atoms with E-state index in [1.54, 1.807) is 0 Å². The number of nitrogens with one attached hydrogen (secondary N) is 1. The first kappa shape index (κ1) is 15.3. The van der Waals surface area contributed by atoms with Gasteiger partial charge in [0.2, 0.25) is 0 Å². The van der Waals surface area contributed by atoms with Crippen molar-refractivity contribution in [1.29, 1.82) is 0 Å². The number of hydrogen-bond donors (Lipinski definition) is 1. The van der Waals surface area contributed by atoms with Gasteiger partial charge in [0, 0.05) is 25.1 Å². The Morgan fingerprint density at radius 3 is 2.63 bits per heavy atom. The van der Waals surface area contributed by atoms with Crippen LogP contribution in [0.1, 0.15) is 46.0 Å². The largest absolute Gasteiger partial charge is 0.381 e. The van der Waals surface area contributed by atoms with E-state index in [0.29, 0.717) is 5.41 Å². The van der Waals surface area contributed by atoms with Crippen molar-refractivity contribution in [3.8, 4) is 0 Å². The molecule has 0 aromatic heterocycles. The average Bonchev–Trinajstić information content (AvgIpc) is 2.47. The molecule has 112 valence electrons. The summed E-state index contributed by atoms with van der Waals surface area (Å²) in [5.74, 6) is 0.976.